The van der Waals surface area contributed by atoms with Crippen molar-refractivity contribution in [2.75, 3.05) is 7.11 Å². The van der Waals surface area contributed by atoms with E-state index in [9.17, 15) is 14.9 Å². The summed E-state index contributed by atoms with van der Waals surface area (Å²) >= 11 is 0. The Morgan fingerprint density at radius 1 is 1.48 bits per heavy atom. The first-order valence-corrected chi connectivity index (χ1v) is 6.52. The summed E-state index contributed by atoms with van der Waals surface area (Å²) in [6, 6.07) is 4.18. The van der Waals surface area contributed by atoms with Gasteiger partial charge >= 0.3 is 5.97 Å². The van der Waals surface area contributed by atoms with Crippen LogP contribution < -0.4 is 0 Å². The zero-order chi connectivity index (χ0) is 15.0. The molecule has 2 aromatic rings. The number of nitrogens with zero attached hydrogens (tertiary/aromatic N) is 3. The number of imidazole rings is 1. The number of carbonyl (C=O) groups excluding carboxylic acids is 1. The Labute approximate surface area is 120 Å². The lowest BCUT2D eigenvalue weighted by molar-refractivity contribution is -0.384. The number of benzene rings is 1. The van der Waals surface area contributed by atoms with E-state index in [2.05, 4.69) is 9.72 Å². The third kappa shape index (κ3) is 2.37. The molecule has 21 heavy (non-hydrogen) atoms. The summed E-state index contributed by atoms with van der Waals surface area (Å²) in [6.45, 7) is 0. The van der Waals surface area contributed by atoms with Crippen molar-refractivity contribution in [3.63, 3.8) is 0 Å². The van der Waals surface area contributed by atoms with Gasteiger partial charge in [-0.1, -0.05) is 0 Å². The highest BCUT2D eigenvalue weighted by molar-refractivity contribution is 5.90. The summed E-state index contributed by atoms with van der Waals surface area (Å²) in [4.78, 5) is 26.7. The first kappa shape index (κ1) is 13.3. The van der Waals surface area contributed by atoms with Gasteiger partial charge in [-0.25, -0.2) is 9.78 Å². The van der Waals surface area contributed by atoms with E-state index in [0.717, 1.165) is 18.7 Å². The summed E-state index contributed by atoms with van der Waals surface area (Å²) in [7, 11) is 1.27. The molecule has 7 heteroatoms. The molecule has 0 unspecified atom stereocenters. The van der Waals surface area contributed by atoms with Crippen molar-refractivity contribution >= 4 is 11.7 Å². The standard InChI is InChI=1S/C14H13N3O4/c1-21-14(18)10-4-5-11(17(19)20)12(8-10)16-7-6-15-13(16)9-2-3-9/h4-9H,2-3H2,1H3. The summed E-state index contributed by atoms with van der Waals surface area (Å²) in [5.41, 5.74) is 0.540. The predicted octanol–water partition coefficient (Wildman–Crippen LogP) is 2.44. The molecular weight excluding hydrogens is 274 g/mol. The van der Waals surface area contributed by atoms with Gasteiger partial charge in [0.05, 0.1) is 17.6 Å². The van der Waals surface area contributed by atoms with E-state index >= 15 is 0 Å². The molecule has 0 atom stereocenters. The Hall–Kier alpha value is -2.70. The molecule has 0 saturated heterocycles. The molecule has 0 aliphatic heterocycles. The molecule has 0 radical (unpaired) electrons. The van der Waals surface area contributed by atoms with Gasteiger partial charge in [0.1, 0.15) is 11.5 Å². The molecule has 108 valence electrons. The van der Waals surface area contributed by atoms with Crippen LogP contribution in [0.3, 0.4) is 0 Å². The van der Waals surface area contributed by atoms with Crippen molar-refractivity contribution in [3.05, 3.63) is 52.1 Å². The highest BCUT2D eigenvalue weighted by Gasteiger charge is 2.30. The molecule has 1 saturated carbocycles. The van der Waals surface area contributed by atoms with Gasteiger partial charge in [0, 0.05) is 24.4 Å². The van der Waals surface area contributed by atoms with Crippen molar-refractivity contribution in [2.45, 2.75) is 18.8 Å². The number of esters is 1. The molecule has 1 aliphatic rings. The van der Waals surface area contributed by atoms with Gasteiger partial charge in [-0.3, -0.25) is 14.7 Å². The van der Waals surface area contributed by atoms with Crippen LogP contribution in [0.5, 0.6) is 0 Å². The fourth-order valence-corrected chi connectivity index (χ4v) is 2.28. The summed E-state index contributed by atoms with van der Waals surface area (Å²) in [6.07, 6.45) is 5.35. The van der Waals surface area contributed by atoms with Crippen LogP contribution in [0.2, 0.25) is 0 Å². The van der Waals surface area contributed by atoms with Crippen LogP contribution in [0.25, 0.3) is 5.69 Å². The second-order valence-electron chi connectivity index (χ2n) is 4.88. The fourth-order valence-electron chi connectivity index (χ4n) is 2.28. The molecule has 1 aliphatic carbocycles. The normalized spacial score (nSPS) is 14.0. The lowest BCUT2D eigenvalue weighted by Crippen LogP contribution is -2.07. The van der Waals surface area contributed by atoms with E-state index in [1.54, 1.807) is 17.0 Å². The van der Waals surface area contributed by atoms with Crippen LogP contribution in [0.1, 0.15) is 34.9 Å². The van der Waals surface area contributed by atoms with Crippen molar-refractivity contribution in [1.29, 1.82) is 0 Å². The number of nitro benzene ring substituents is 1. The third-order valence-corrected chi connectivity index (χ3v) is 3.46. The zero-order valence-electron chi connectivity index (χ0n) is 11.4. The molecule has 0 spiro atoms. The minimum atomic E-state index is -0.528. The Kier molecular flexibility index (Phi) is 3.17. The minimum absolute atomic E-state index is 0.0671. The lowest BCUT2D eigenvalue weighted by Gasteiger charge is -2.09. The van der Waals surface area contributed by atoms with Gasteiger partial charge < -0.3 is 4.74 Å². The summed E-state index contributed by atoms with van der Waals surface area (Å²) in [5.74, 6) is 0.598. The number of ether oxygens (including phenoxy) is 1. The highest BCUT2D eigenvalue weighted by atomic mass is 16.6. The Morgan fingerprint density at radius 2 is 2.24 bits per heavy atom. The second kappa shape index (κ2) is 5.01. The topological polar surface area (TPSA) is 87.3 Å². The van der Waals surface area contributed by atoms with Crippen LogP contribution in [-0.4, -0.2) is 27.6 Å². The first-order chi connectivity index (χ1) is 10.1. The van der Waals surface area contributed by atoms with Crippen LogP contribution in [-0.2, 0) is 4.74 Å². The second-order valence-corrected chi connectivity index (χ2v) is 4.88. The van der Waals surface area contributed by atoms with Gasteiger partial charge in [-0.15, -0.1) is 0 Å². The monoisotopic (exact) mass is 287 g/mol. The number of nitro groups is 1. The molecule has 0 amide bonds. The Bertz CT molecular complexity index is 719. The largest absolute Gasteiger partial charge is 0.465 e. The first-order valence-electron chi connectivity index (χ1n) is 6.52. The van der Waals surface area contributed by atoms with Gasteiger partial charge in [-0.2, -0.15) is 0 Å². The predicted molar refractivity (Wildman–Crippen MR) is 73.5 cm³/mol. The lowest BCUT2D eigenvalue weighted by atomic mass is 10.1. The molecule has 1 aromatic heterocycles. The molecule has 1 fully saturated rings. The number of methoxy groups -OCH3 is 1. The number of rotatable bonds is 4. The maximum absolute atomic E-state index is 11.6. The van der Waals surface area contributed by atoms with Crippen LogP contribution >= 0.6 is 0 Å². The third-order valence-electron chi connectivity index (χ3n) is 3.46. The van der Waals surface area contributed by atoms with Crippen molar-refractivity contribution in [1.82, 2.24) is 9.55 Å². The van der Waals surface area contributed by atoms with Crippen LogP contribution in [0, 0.1) is 10.1 Å². The molecule has 7 nitrogen and oxygen atoms in total. The van der Waals surface area contributed by atoms with Crippen LogP contribution in [0.4, 0.5) is 5.69 Å². The number of hydrogen-bond donors (Lipinski definition) is 0. The van der Waals surface area contributed by atoms with Gasteiger partial charge in [0.2, 0.25) is 0 Å². The molecule has 1 heterocycles. The summed E-state index contributed by atoms with van der Waals surface area (Å²) in [5, 5.41) is 11.2. The van der Waals surface area contributed by atoms with E-state index < -0.39 is 10.9 Å². The average molecular weight is 287 g/mol. The minimum Gasteiger partial charge on any atom is -0.465 e. The maximum atomic E-state index is 11.6. The molecule has 0 N–H and O–H groups in total. The van der Waals surface area contributed by atoms with Crippen molar-refractivity contribution in [2.24, 2.45) is 0 Å². The number of aromatic nitrogens is 2. The zero-order valence-corrected chi connectivity index (χ0v) is 11.4. The van der Waals surface area contributed by atoms with Gasteiger partial charge in [0.25, 0.3) is 5.69 Å². The molecule has 1 aromatic carbocycles. The van der Waals surface area contributed by atoms with Crippen LogP contribution in [0.15, 0.2) is 30.6 Å². The molecule has 3 rings (SSSR count). The molecule has 0 bridgehead atoms. The van der Waals surface area contributed by atoms with Gasteiger partial charge in [0.15, 0.2) is 0 Å². The smallest absolute Gasteiger partial charge is 0.337 e. The SMILES string of the molecule is COC(=O)c1ccc([N+](=O)[O-])c(-n2ccnc2C2CC2)c1. The number of carbonyl (C=O) groups is 1. The Morgan fingerprint density at radius 3 is 2.86 bits per heavy atom. The van der Waals surface area contributed by atoms with Crippen molar-refractivity contribution < 1.29 is 14.5 Å². The van der Waals surface area contributed by atoms with E-state index in [-0.39, 0.29) is 11.3 Å². The van der Waals surface area contributed by atoms with E-state index in [1.807, 2.05) is 0 Å². The highest BCUT2D eigenvalue weighted by Crippen LogP contribution is 2.40. The Balaban J connectivity index is 2.15. The quantitative estimate of drug-likeness (QED) is 0.489. The average Bonchev–Trinajstić information content (AvgIpc) is 3.22. The van der Waals surface area contributed by atoms with Crippen molar-refractivity contribution in [3.8, 4) is 5.69 Å². The molecular formula is C14H13N3O4. The fraction of sp³-hybridized carbons (Fsp3) is 0.286. The van der Waals surface area contributed by atoms with Gasteiger partial charge in [-0.05, 0) is 25.0 Å². The van der Waals surface area contributed by atoms with E-state index in [1.165, 1.54) is 25.3 Å². The van der Waals surface area contributed by atoms with E-state index in [4.69, 9.17) is 0 Å². The number of hydrogen-bond acceptors (Lipinski definition) is 5. The van der Waals surface area contributed by atoms with E-state index in [0.29, 0.717) is 11.6 Å². The maximum Gasteiger partial charge on any atom is 0.337 e. The summed E-state index contributed by atoms with van der Waals surface area (Å²) < 4.78 is 6.35.